The van der Waals surface area contributed by atoms with Crippen molar-refractivity contribution < 1.29 is 4.79 Å². The molecule has 0 aliphatic carbocycles. The normalized spacial score (nSPS) is 10.4. The molecule has 6 heteroatoms. The average molecular weight is 358 g/mol. The molecule has 2 N–H and O–H groups in total. The predicted molar refractivity (Wildman–Crippen MR) is 99.2 cm³/mol. The van der Waals surface area contributed by atoms with Gasteiger partial charge in [-0.1, -0.05) is 23.7 Å². The van der Waals surface area contributed by atoms with Crippen molar-refractivity contribution in [1.82, 2.24) is 10.3 Å². The number of hydrogen-bond donors (Lipinski definition) is 2. The van der Waals surface area contributed by atoms with Crippen molar-refractivity contribution in [3.8, 4) is 0 Å². The number of amides is 1. The number of nitrogens with zero attached hydrogens (tertiary/aromatic N) is 1. The molecule has 0 aliphatic heterocycles. The summed E-state index contributed by atoms with van der Waals surface area (Å²) in [5.41, 5.74) is 2.38. The first-order valence-corrected chi connectivity index (χ1v) is 8.68. The van der Waals surface area contributed by atoms with E-state index in [0.717, 1.165) is 16.1 Å². The number of thiophene rings is 1. The third-order valence-electron chi connectivity index (χ3n) is 3.56. The smallest absolute Gasteiger partial charge is 0.253 e. The summed E-state index contributed by atoms with van der Waals surface area (Å²) < 4.78 is 0. The molecular formula is C18H16ClN3OS. The lowest BCUT2D eigenvalue weighted by Crippen LogP contribution is -2.22. The highest BCUT2D eigenvalue weighted by Gasteiger charge is 2.07. The molecule has 0 radical (unpaired) electrons. The summed E-state index contributed by atoms with van der Waals surface area (Å²) in [6, 6.07) is 13.1. The first-order chi connectivity index (χ1) is 11.6. The highest BCUT2D eigenvalue weighted by molar-refractivity contribution is 7.09. The molecule has 0 saturated carbocycles. The Kier molecular flexibility index (Phi) is 5.13. The second-order valence-electron chi connectivity index (χ2n) is 5.23. The molecule has 0 atom stereocenters. The summed E-state index contributed by atoms with van der Waals surface area (Å²) in [5.74, 6) is 0.525. The van der Waals surface area contributed by atoms with Gasteiger partial charge in [-0.3, -0.25) is 4.79 Å². The van der Waals surface area contributed by atoms with Gasteiger partial charge in [-0.25, -0.2) is 4.98 Å². The highest BCUT2D eigenvalue weighted by Crippen LogP contribution is 2.25. The standard InChI is InChI=1S/C18H16ClN3OS/c1-12-15(19)5-2-6-16(12)22-17-8-7-13(10-20-17)18(23)21-11-14-4-3-9-24-14/h2-10H,11H2,1H3,(H,20,22)(H,21,23). The third kappa shape index (κ3) is 3.93. The molecule has 3 aromatic rings. The van der Waals surface area contributed by atoms with Crippen LogP contribution in [0.15, 0.2) is 54.0 Å². The Bertz CT molecular complexity index is 832. The minimum Gasteiger partial charge on any atom is -0.347 e. The predicted octanol–water partition coefficient (Wildman–Crippen LogP) is 4.78. The second-order valence-corrected chi connectivity index (χ2v) is 6.67. The molecule has 1 aromatic carbocycles. The van der Waals surface area contributed by atoms with Crippen LogP contribution in [0.4, 0.5) is 11.5 Å². The number of anilines is 2. The third-order valence-corrected chi connectivity index (χ3v) is 4.85. The molecule has 3 rings (SSSR count). The van der Waals surface area contributed by atoms with E-state index in [2.05, 4.69) is 15.6 Å². The molecular weight excluding hydrogens is 342 g/mol. The fourth-order valence-electron chi connectivity index (χ4n) is 2.17. The van der Waals surface area contributed by atoms with Crippen molar-refractivity contribution in [3.05, 3.63) is 75.1 Å². The summed E-state index contributed by atoms with van der Waals surface area (Å²) in [7, 11) is 0. The number of rotatable bonds is 5. The minimum absolute atomic E-state index is 0.138. The summed E-state index contributed by atoms with van der Waals surface area (Å²) >= 11 is 7.73. The first kappa shape index (κ1) is 16.5. The van der Waals surface area contributed by atoms with Crippen LogP contribution in [0, 0.1) is 6.92 Å². The van der Waals surface area contributed by atoms with Crippen molar-refractivity contribution in [1.29, 1.82) is 0 Å². The van der Waals surface area contributed by atoms with Crippen LogP contribution in [-0.2, 0) is 6.54 Å². The van der Waals surface area contributed by atoms with E-state index in [1.165, 1.54) is 0 Å². The zero-order chi connectivity index (χ0) is 16.9. The molecule has 2 aromatic heterocycles. The Morgan fingerprint density at radius 2 is 2.08 bits per heavy atom. The maximum Gasteiger partial charge on any atom is 0.253 e. The van der Waals surface area contributed by atoms with Gasteiger partial charge in [-0.05, 0) is 48.2 Å². The Labute approximate surface area is 149 Å². The molecule has 4 nitrogen and oxygen atoms in total. The van der Waals surface area contributed by atoms with Crippen molar-refractivity contribution in [2.45, 2.75) is 13.5 Å². The quantitative estimate of drug-likeness (QED) is 0.691. The van der Waals surface area contributed by atoms with E-state index >= 15 is 0 Å². The van der Waals surface area contributed by atoms with E-state index in [0.29, 0.717) is 22.9 Å². The zero-order valence-electron chi connectivity index (χ0n) is 13.0. The number of halogens is 1. The van der Waals surface area contributed by atoms with Crippen molar-refractivity contribution in [2.24, 2.45) is 0 Å². The Morgan fingerprint density at radius 1 is 1.21 bits per heavy atom. The number of carbonyl (C=O) groups excluding carboxylic acids is 1. The van der Waals surface area contributed by atoms with Gasteiger partial charge in [-0.2, -0.15) is 0 Å². The first-order valence-electron chi connectivity index (χ1n) is 7.42. The van der Waals surface area contributed by atoms with E-state index in [1.807, 2.05) is 42.6 Å². The minimum atomic E-state index is -0.138. The van der Waals surface area contributed by atoms with Crippen molar-refractivity contribution in [2.75, 3.05) is 5.32 Å². The van der Waals surface area contributed by atoms with E-state index in [4.69, 9.17) is 11.6 Å². The molecule has 0 fully saturated rings. The topological polar surface area (TPSA) is 54.0 Å². The van der Waals surface area contributed by atoms with Crippen molar-refractivity contribution >= 4 is 40.4 Å². The van der Waals surface area contributed by atoms with Gasteiger partial charge < -0.3 is 10.6 Å². The summed E-state index contributed by atoms with van der Waals surface area (Å²) in [6.45, 7) is 2.47. The Hall–Kier alpha value is -2.37. The Morgan fingerprint density at radius 3 is 2.79 bits per heavy atom. The number of carbonyl (C=O) groups is 1. The lowest BCUT2D eigenvalue weighted by atomic mass is 10.2. The van der Waals surface area contributed by atoms with Gasteiger partial charge in [0.15, 0.2) is 0 Å². The SMILES string of the molecule is Cc1c(Cl)cccc1Nc1ccc(C(=O)NCc2cccs2)cn1. The summed E-state index contributed by atoms with van der Waals surface area (Å²) in [6.07, 6.45) is 1.56. The maximum atomic E-state index is 12.1. The van der Waals surface area contributed by atoms with Gasteiger partial charge >= 0.3 is 0 Å². The van der Waals surface area contributed by atoms with Gasteiger partial charge in [0.05, 0.1) is 12.1 Å². The van der Waals surface area contributed by atoms with E-state index in [1.54, 1.807) is 29.7 Å². The lowest BCUT2D eigenvalue weighted by molar-refractivity contribution is 0.0951. The monoisotopic (exact) mass is 357 g/mol. The van der Waals surface area contributed by atoms with Gasteiger partial charge in [0.1, 0.15) is 5.82 Å². The van der Waals surface area contributed by atoms with Crippen LogP contribution in [0.2, 0.25) is 5.02 Å². The Balaban J connectivity index is 1.64. The van der Waals surface area contributed by atoms with Crippen LogP contribution in [0.1, 0.15) is 20.8 Å². The molecule has 0 spiro atoms. The summed E-state index contributed by atoms with van der Waals surface area (Å²) in [4.78, 5) is 17.5. The molecule has 0 unspecified atom stereocenters. The fraction of sp³-hybridized carbons (Fsp3) is 0.111. The van der Waals surface area contributed by atoms with Crippen LogP contribution in [0.3, 0.4) is 0 Å². The van der Waals surface area contributed by atoms with Crippen LogP contribution in [-0.4, -0.2) is 10.9 Å². The van der Waals surface area contributed by atoms with Crippen LogP contribution in [0.5, 0.6) is 0 Å². The van der Waals surface area contributed by atoms with Gasteiger partial charge in [0.25, 0.3) is 5.91 Å². The van der Waals surface area contributed by atoms with E-state index < -0.39 is 0 Å². The highest BCUT2D eigenvalue weighted by atomic mass is 35.5. The number of benzene rings is 1. The van der Waals surface area contributed by atoms with E-state index in [-0.39, 0.29) is 5.91 Å². The fourth-order valence-corrected chi connectivity index (χ4v) is 2.98. The molecule has 2 heterocycles. The number of hydrogen-bond acceptors (Lipinski definition) is 4. The van der Waals surface area contributed by atoms with E-state index in [9.17, 15) is 4.79 Å². The zero-order valence-corrected chi connectivity index (χ0v) is 14.6. The molecule has 0 aliphatic rings. The average Bonchev–Trinajstić information content (AvgIpc) is 3.11. The molecule has 1 amide bonds. The van der Waals surface area contributed by atoms with Crippen LogP contribution in [0.25, 0.3) is 0 Å². The number of nitrogens with one attached hydrogen (secondary N) is 2. The molecule has 122 valence electrons. The van der Waals surface area contributed by atoms with Crippen LogP contribution < -0.4 is 10.6 Å². The molecule has 0 bridgehead atoms. The largest absolute Gasteiger partial charge is 0.347 e. The molecule has 0 saturated heterocycles. The van der Waals surface area contributed by atoms with Crippen LogP contribution >= 0.6 is 22.9 Å². The van der Waals surface area contributed by atoms with Crippen molar-refractivity contribution in [3.63, 3.8) is 0 Å². The maximum absolute atomic E-state index is 12.1. The van der Waals surface area contributed by atoms with Gasteiger partial charge in [-0.15, -0.1) is 11.3 Å². The lowest BCUT2D eigenvalue weighted by Gasteiger charge is -2.10. The number of pyridine rings is 1. The second kappa shape index (κ2) is 7.47. The molecule has 24 heavy (non-hydrogen) atoms. The summed E-state index contributed by atoms with van der Waals surface area (Å²) in [5, 5.41) is 8.77. The number of aromatic nitrogens is 1. The van der Waals surface area contributed by atoms with Gasteiger partial charge in [0, 0.05) is 21.8 Å². The van der Waals surface area contributed by atoms with Gasteiger partial charge in [0.2, 0.25) is 0 Å².